The van der Waals surface area contributed by atoms with Crippen LogP contribution < -0.4 is 0 Å². The lowest BCUT2D eigenvalue weighted by atomic mass is 10.2. The van der Waals surface area contributed by atoms with Gasteiger partial charge in [0.2, 0.25) is 0 Å². The van der Waals surface area contributed by atoms with E-state index in [9.17, 15) is 4.79 Å². The van der Waals surface area contributed by atoms with E-state index in [-0.39, 0.29) is 5.91 Å². The summed E-state index contributed by atoms with van der Waals surface area (Å²) in [4.78, 5) is 16.5. The lowest BCUT2D eigenvalue weighted by Crippen LogP contribution is -2.47. The molecule has 1 aromatic heterocycles. The monoisotopic (exact) mass is 250 g/mol. The molecule has 0 aromatic carbocycles. The molecule has 0 radical (unpaired) electrons. The molecule has 1 amide bonds. The molecule has 0 saturated carbocycles. The molecule has 1 fully saturated rings. The van der Waals surface area contributed by atoms with Gasteiger partial charge in [-0.05, 0) is 33.9 Å². The van der Waals surface area contributed by atoms with E-state index in [1.54, 1.807) is 0 Å². The van der Waals surface area contributed by atoms with Gasteiger partial charge in [-0.3, -0.25) is 9.48 Å². The number of carbonyl (C=O) groups is 1. The van der Waals surface area contributed by atoms with Gasteiger partial charge in [0.25, 0.3) is 5.91 Å². The van der Waals surface area contributed by atoms with Crippen molar-refractivity contribution in [3.05, 3.63) is 17.5 Å². The Labute approximate surface area is 108 Å². The second kappa shape index (κ2) is 5.10. The highest BCUT2D eigenvalue weighted by molar-refractivity contribution is 5.92. The first-order valence-corrected chi connectivity index (χ1v) is 6.53. The summed E-state index contributed by atoms with van der Waals surface area (Å²) in [5.41, 5.74) is 1.62. The molecule has 1 saturated heterocycles. The van der Waals surface area contributed by atoms with E-state index in [1.807, 2.05) is 22.6 Å². The zero-order valence-electron chi connectivity index (χ0n) is 11.7. The molecule has 18 heavy (non-hydrogen) atoms. The van der Waals surface area contributed by atoms with E-state index >= 15 is 0 Å². The highest BCUT2D eigenvalue weighted by Gasteiger charge is 2.23. The fourth-order valence-corrected chi connectivity index (χ4v) is 2.29. The number of piperazine rings is 1. The Hall–Kier alpha value is -1.36. The van der Waals surface area contributed by atoms with E-state index in [2.05, 4.69) is 30.9 Å². The van der Waals surface area contributed by atoms with E-state index in [0.29, 0.717) is 11.7 Å². The molecule has 0 bridgehead atoms. The Morgan fingerprint density at radius 3 is 2.39 bits per heavy atom. The highest BCUT2D eigenvalue weighted by Crippen LogP contribution is 2.13. The number of rotatable bonds is 2. The first kappa shape index (κ1) is 13.1. The highest BCUT2D eigenvalue weighted by atomic mass is 16.2. The average molecular weight is 250 g/mol. The molecule has 5 heteroatoms. The van der Waals surface area contributed by atoms with Crippen molar-refractivity contribution in [2.45, 2.75) is 26.8 Å². The number of aromatic nitrogens is 2. The molecular formula is C13H22N4O. The molecule has 0 spiro atoms. The minimum atomic E-state index is 0.0607. The van der Waals surface area contributed by atoms with Crippen LogP contribution in [0, 0.1) is 6.92 Å². The molecule has 2 rings (SSSR count). The number of hydrogen-bond acceptors (Lipinski definition) is 3. The third-order valence-corrected chi connectivity index (χ3v) is 3.42. The van der Waals surface area contributed by atoms with Gasteiger partial charge in [-0.2, -0.15) is 5.10 Å². The Kier molecular flexibility index (Phi) is 3.71. The van der Waals surface area contributed by atoms with Gasteiger partial charge in [0.1, 0.15) is 0 Å². The Morgan fingerprint density at radius 1 is 1.28 bits per heavy atom. The number of likely N-dealkylation sites (N-methyl/N-ethyl adjacent to an activating group) is 1. The van der Waals surface area contributed by atoms with Gasteiger partial charge in [0.05, 0.1) is 0 Å². The van der Waals surface area contributed by atoms with Crippen LogP contribution in [0.1, 0.15) is 36.1 Å². The second-order valence-corrected chi connectivity index (χ2v) is 5.30. The number of aryl methyl sites for hydroxylation is 1. The van der Waals surface area contributed by atoms with E-state index < -0.39 is 0 Å². The Bertz CT molecular complexity index is 430. The van der Waals surface area contributed by atoms with E-state index in [4.69, 9.17) is 0 Å². The maximum atomic E-state index is 12.3. The summed E-state index contributed by atoms with van der Waals surface area (Å²) in [6.45, 7) is 9.61. The lowest BCUT2D eigenvalue weighted by molar-refractivity contribution is 0.0657. The van der Waals surface area contributed by atoms with E-state index in [0.717, 1.165) is 31.9 Å². The van der Waals surface area contributed by atoms with Crippen LogP contribution in [0.5, 0.6) is 0 Å². The minimum absolute atomic E-state index is 0.0607. The summed E-state index contributed by atoms with van der Waals surface area (Å²) in [6, 6.07) is 2.18. The Balaban J connectivity index is 2.11. The van der Waals surface area contributed by atoms with Crippen molar-refractivity contribution < 1.29 is 4.79 Å². The van der Waals surface area contributed by atoms with Crippen molar-refractivity contribution >= 4 is 5.91 Å². The standard InChI is InChI=1S/C13H22N4O/c1-10(2)17-11(3)9-12(14-17)13(18)16-7-5-15(4)6-8-16/h9-10H,5-8H2,1-4H3. The van der Waals surface area contributed by atoms with Gasteiger partial charge in [-0.25, -0.2) is 0 Å². The minimum Gasteiger partial charge on any atom is -0.335 e. The van der Waals surface area contributed by atoms with Gasteiger partial charge in [0, 0.05) is 37.9 Å². The molecule has 1 aliphatic rings. The molecule has 2 heterocycles. The summed E-state index contributed by atoms with van der Waals surface area (Å²) in [6.07, 6.45) is 0. The van der Waals surface area contributed by atoms with Crippen LogP contribution >= 0.6 is 0 Å². The van der Waals surface area contributed by atoms with Crippen LogP contribution in [-0.4, -0.2) is 58.7 Å². The normalized spacial score (nSPS) is 17.5. The first-order valence-electron chi connectivity index (χ1n) is 6.53. The first-order chi connectivity index (χ1) is 8.49. The van der Waals surface area contributed by atoms with Crippen molar-refractivity contribution in [1.29, 1.82) is 0 Å². The molecule has 0 unspecified atom stereocenters. The van der Waals surface area contributed by atoms with Gasteiger partial charge >= 0.3 is 0 Å². The maximum absolute atomic E-state index is 12.3. The molecule has 100 valence electrons. The quantitative estimate of drug-likeness (QED) is 0.791. The zero-order chi connectivity index (χ0) is 13.3. The van der Waals surface area contributed by atoms with Crippen molar-refractivity contribution in [2.24, 2.45) is 0 Å². The number of carbonyl (C=O) groups excluding carboxylic acids is 1. The van der Waals surface area contributed by atoms with Crippen LogP contribution in [0.25, 0.3) is 0 Å². The summed E-state index contributed by atoms with van der Waals surface area (Å²) in [5.74, 6) is 0.0607. The van der Waals surface area contributed by atoms with Gasteiger partial charge in [-0.1, -0.05) is 0 Å². The van der Waals surface area contributed by atoms with Gasteiger partial charge in [-0.15, -0.1) is 0 Å². The summed E-state index contributed by atoms with van der Waals surface area (Å²) in [5, 5.41) is 4.42. The second-order valence-electron chi connectivity index (χ2n) is 5.30. The fraction of sp³-hybridized carbons (Fsp3) is 0.692. The van der Waals surface area contributed by atoms with Gasteiger partial charge < -0.3 is 9.80 Å². The average Bonchev–Trinajstić information content (AvgIpc) is 2.71. The summed E-state index contributed by atoms with van der Waals surface area (Å²) in [7, 11) is 2.08. The van der Waals surface area contributed by atoms with Crippen molar-refractivity contribution in [3.63, 3.8) is 0 Å². The largest absolute Gasteiger partial charge is 0.335 e. The summed E-state index contributed by atoms with van der Waals surface area (Å²) < 4.78 is 1.91. The van der Waals surface area contributed by atoms with Crippen LogP contribution in [0.2, 0.25) is 0 Å². The zero-order valence-corrected chi connectivity index (χ0v) is 11.7. The van der Waals surface area contributed by atoms with Crippen LogP contribution in [0.4, 0.5) is 0 Å². The SMILES string of the molecule is Cc1cc(C(=O)N2CCN(C)CC2)nn1C(C)C. The summed E-state index contributed by atoms with van der Waals surface area (Å²) >= 11 is 0. The van der Waals surface area contributed by atoms with Crippen LogP contribution in [0.3, 0.4) is 0 Å². The molecular weight excluding hydrogens is 228 g/mol. The molecule has 0 aliphatic carbocycles. The Morgan fingerprint density at radius 2 is 1.89 bits per heavy atom. The van der Waals surface area contributed by atoms with Gasteiger partial charge in [0.15, 0.2) is 5.69 Å². The topological polar surface area (TPSA) is 41.4 Å². The van der Waals surface area contributed by atoms with Crippen LogP contribution in [0.15, 0.2) is 6.07 Å². The lowest BCUT2D eigenvalue weighted by Gasteiger charge is -2.31. The third kappa shape index (κ3) is 2.56. The predicted octanol–water partition coefficient (Wildman–Crippen LogP) is 1.16. The number of hydrogen-bond donors (Lipinski definition) is 0. The van der Waals surface area contributed by atoms with Crippen molar-refractivity contribution in [2.75, 3.05) is 33.2 Å². The van der Waals surface area contributed by atoms with Crippen molar-refractivity contribution in [3.8, 4) is 0 Å². The van der Waals surface area contributed by atoms with Crippen molar-refractivity contribution in [1.82, 2.24) is 19.6 Å². The smallest absolute Gasteiger partial charge is 0.274 e. The molecule has 1 aromatic rings. The molecule has 5 nitrogen and oxygen atoms in total. The fourth-order valence-electron chi connectivity index (χ4n) is 2.29. The van der Waals surface area contributed by atoms with Crippen LogP contribution in [-0.2, 0) is 0 Å². The molecule has 0 atom stereocenters. The predicted molar refractivity (Wildman–Crippen MR) is 70.7 cm³/mol. The third-order valence-electron chi connectivity index (χ3n) is 3.42. The van der Waals surface area contributed by atoms with E-state index in [1.165, 1.54) is 0 Å². The number of nitrogens with zero attached hydrogens (tertiary/aromatic N) is 4. The maximum Gasteiger partial charge on any atom is 0.274 e. The molecule has 1 aliphatic heterocycles. The number of amides is 1. The molecule has 0 N–H and O–H groups in total.